The van der Waals surface area contributed by atoms with Crippen molar-refractivity contribution in [1.82, 2.24) is 10.6 Å². The number of aliphatic hydroxyl groups excluding tert-OH is 1. The topological polar surface area (TPSA) is 61.4 Å². The van der Waals surface area contributed by atoms with E-state index in [2.05, 4.69) is 10.6 Å². The summed E-state index contributed by atoms with van der Waals surface area (Å²) in [5.74, 6) is 0. The number of urea groups is 1. The van der Waals surface area contributed by atoms with Gasteiger partial charge in [-0.3, -0.25) is 0 Å². The normalized spacial score (nSPS) is 23.8. The lowest BCUT2D eigenvalue weighted by Gasteiger charge is -2.35. The molecule has 0 atom stereocenters. The second-order valence-electron chi connectivity index (χ2n) is 6.03. The Kier molecular flexibility index (Phi) is 4.87. The fourth-order valence-electron chi connectivity index (χ4n) is 3.27. The summed E-state index contributed by atoms with van der Waals surface area (Å²) < 4.78 is 0. The van der Waals surface area contributed by atoms with Crippen LogP contribution in [0.3, 0.4) is 0 Å². The standard InChI is InChI=1S/C14H26N2O2/c17-11-14(8-4-1-5-9-14)10-15-13(18)16-12-6-2-3-7-12/h12,17H,1-11H2,(H2,15,16,18). The van der Waals surface area contributed by atoms with E-state index in [1.54, 1.807) is 0 Å². The molecule has 2 aliphatic rings. The van der Waals surface area contributed by atoms with E-state index < -0.39 is 0 Å². The van der Waals surface area contributed by atoms with Gasteiger partial charge in [-0.1, -0.05) is 32.1 Å². The molecule has 4 nitrogen and oxygen atoms in total. The molecule has 2 saturated carbocycles. The van der Waals surface area contributed by atoms with E-state index in [0.717, 1.165) is 25.7 Å². The van der Waals surface area contributed by atoms with Gasteiger partial charge in [0.25, 0.3) is 0 Å². The van der Waals surface area contributed by atoms with E-state index in [0.29, 0.717) is 12.6 Å². The van der Waals surface area contributed by atoms with Gasteiger partial charge in [-0.25, -0.2) is 4.79 Å². The van der Waals surface area contributed by atoms with E-state index in [9.17, 15) is 9.90 Å². The average molecular weight is 254 g/mol. The highest BCUT2D eigenvalue weighted by atomic mass is 16.3. The summed E-state index contributed by atoms with van der Waals surface area (Å²) >= 11 is 0. The van der Waals surface area contributed by atoms with Crippen LogP contribution in [0.15, 0.2) is 0 Å². The van der Waals surface area contributed by atoms with Crippen LogP contribution in [0.1, 0.15) is 57.8 Å². The van der Waals surface area contributed by atoms with E-state index >= 15 is 0 Å². The van der Waals surface area contributed by atoms with Crippen LogP contribution in [0, 0.1) is 5.41 Å². The summed E-state index contributed by atoms with van der Waals surface area (Å²) in [6.45, 7) is 0.804. The maximum atomic E-state index is 11.8. The molecule has 0 aliphatic heterocycles. The molecule has 0 aromatic rings. The van der Waals surface area contributed by atoms with Crippen molar-refractivity contribution in [1.29, 1.82) is 0 Å². The van der Waals surface area contributed by atoms with Crippen LogP contribution in [0.25, 0.3) is 0 Å². The monoisotopic (exact) mass is 254 g/mol. The largest absolute Gasteiger partial charge is 0.396 e. The van der Waals surface area contributed by atoms with Gasteiger partial charge in [0.05, 0.1) is 6.61 Å². The Bertz CT molecular complexity index is 269. The molecule has 2 rings (SSSR count). The first-order valence-corrected chi connectivity index (χ1v) is 7.39. The van der Waals surface area contributed by atoms with Crippen LogP contribution in [-0.2, 0) is 0 Å². The lowest BCUT2D eigenvalue weighted by molar-refractivity contribution is 0.0833. The predicted molar refractivity (Wildman–Crippen MR) is 71.4 cm³/mol. The van der Waals surface area contributed by atoms with Crippen LogP contribution in [0.2, 0.25) is 0 Å². The first-order valence-electron chi connectivity index (χ1n) is 7.39. The zero-order valence-electron chi connectivity index (χ0n) is 11.2. The van der Waals surface area contributed by atoms with Crippen molar-refractivity contribution in [3.05, 3.63) is 0 Å². The molecular weight excluding hydrogens is 228 g/mol. The molecule has 3 N–H and O–H groups in total. The van der Waals surface area contributed by atoms with E-state index in [1.165, 1.54) is 32.1 Å². The van der Waals surface area contributed by atoms with Crippen molar-refractivity contribution in [3.8, 4) is 0 Å². The minimum atomic E-state index is -0.0642. The number of carbonyl (C=O) groups excluding carboxylic acids is 1. The minimum absolute atomic E-state index is 0.0553. The summed E-state index contributed by atoms with van der Waals surface area (Å²) in [7, 11) is 0. The van der Waals surface area contributed by atoms with Gasteiger partial charge in [0, 0.05) is 18.0 Å². The molecule has 0 saturated heterocycles. The Hall–Kier alpha value is -0.770. The van der Waals surface area contributed by atoms with Crippen LogP contribution >= 0.6 is 0 Å². The summed E-state index contributed by atoms with van der Waals surface area (Å²) in [4.78, 5) is 11.8. The number of nitrogens with one attached hydrogen (secondary N) is 2. The van der Waals surface area contributed by atoms with Gasteiger partial charge < -0.3 is 15.7 Å². The fourth-order valence-corrected chi connectivity index (χ4v) is 3.27. The van der Waals surface area contributed by atoms with Crippen molar-refractivity contribution in [2.45, 2.75) is 63.8 Å². The third kappa shape index (κ3) is 3.61. The molecule has 4 heteroatoms. The predicted octanol–water partition coefficient (Wildman–Crippen LogP) is 2.17. The second kappa shape index (κ2) is 6.41. The zero-order chi connectivity index (χ0) is 12.8. The van der Waals surface area contributed by atoms with Crippen LogP contribution in [-0.4, -0.2) is 30.3 Å². The number of carbonyl (C=O) groups is 1. The number of amides is 2. The Morgan fingerprint density at radius 2 is 1.78 bits per heavy atom. The minimum Gasteiger partial charge on any atom is -0.396 e. The molecule has 0 aromatic heterocycles. The third-order valence-electron chi connectivity index (χ3n) is 4.56. The lowest BCUT2D eigenvalue weighted by Crippen LogP contribution is -2.47. The van der Waals surface area contributed by atoms with E-state index in [1.807, 2.05) is 0 Å². The van der Waals surface area contributed by atoms with Crippen LogP contribution in [0.4, 0.5) is 4.79 Å². The maximum Gasteiger partial charge on any atom is 0.315 e. The number of aliphatic hydroxyl groups is 1. The molecule has 18 heavy (non-hydrogen) atoms. The fraction of sp³-hybridized carbons (Fsp3) is 0.929. The summed E-state index contributed by atoms with van der Waals surface area (Å²) in [5, 5.41) is 15.6. The number of hydrogen-bond donors (Lipinski definition) is 3. The zero-order valence-corrected chi connectivity index (χ0v) is 11.2. The lowest BCUT2D eigenvalue weighted by atomic mass is 9.74. The molecule has 0 aromatic carbocycles. The summed E-state index contributed by atoms with van der Waals surface area (Å²) in [6.07, 6.45) is 10.4. The maximum absolute atomic E-state index is 11.8. The van der Waals surface area contributed by atoms with Gasteiger partial charge in [-0.05, 0) is 25.7 Å². The van der Waals surface area contributed by atoms with Crippen molar-refractivity contribution in [2.75, 3.05) is 13.2 Å². The van der Waals surface area contributed by atoms with Crippen molar-refractivity contribution >= 4 is 6.03 Å². The molecule has 0 heterocycles. The summed E-state index contributed by atoms with van der Waals surface area (Å²) in [6, 6.07) is 0.307. The average Bonchev–Trinajstić information content (AvgIpc) is 2.90. The molecule has 0 radical (unpaired) electrons. The van der Waals surface area contributed by atoms with Gasteiger partial charge in [-0.15, -0.1) is 0 Å². The molecule has 2 fully saturated rings. The molecule has 0 unspecified atom stereocenters. The molecule has 0 bridgehead atoms. The highest BCUT2D eigenvalue weighted by Crippen LogP contribution is 2.35. The number of rotatable bonds is 4. The molecule has 104 valence electrons. The Morgan fingerprint density at radius 3 is 2.39 bits per heavy atom. The molecule has 0 spiro atoms. The van der Waals surface area contributed by atoms with Crippen molar-refractivity contribution in [2.24, 2.45) is 5.41 Å². The van der Waals surface area contributed by atoms with Crippen LogP contribution in [0.5, 0.6) is 0 Å². The van der Waals surface area contributed by atoms with Gasteiger partial charge in [0.1, 0.15) is 0 Å². The van der Waals surface area contributed by atoms with Gasteiger partial charge >= 0.3 is 6.03 Å². The molecule has 2 aliphatic carbocycles. The first-order chi connectivity index (χ1) is 8.74. The smallest absolute Gasteiger partial charge is 0.315 e. The van der Waals surface area contributed by atoms with E-state index in [4.69, 9.17) is 0 Å². The molecular formula is C14H26N2O2. The summed E-state index contributed by atoms with van der Waals surface area (Å²) in [5.41, 5.74) is -0.0642. The second-order valence-corrected chi connectivity index (χ2v) is 6.03. The first kappa shape index (κ1) is 13.7. The van der Waals surface area contributed by atoms with Crippen molar-refractivity contribution < 1.29 is 9.90 Å². The van der Waals surface area contributed by atoms with Gasteiger partial charge in [-0.2, -0.15) is 0 Å². The van der Waals surface area contributed by atoms with Gasteiger partial charge in [0.15, 0.2) is 0 Å². The van der Waals surface area contributed by atoms with E-state index in [-0.39, 0.29) is 18.1 Å². The third-order valence-corrected chi connectivity index (χ3v) is 4.56. The Morgan fingerprint density at radius 1 is 1.11 bits per heavy atom. The highest BCUT2D eigenvalue weighted by molar-refractivity contribution is 5.74. The Labute approximate surface area is 110 Å². The van der Waals surface area contributed by atoms with Gasteiger partial charge in [0.2, 0.25) is 0 Å². The molecule has 2 amide bonds. The SMILES string of the molecule is O=C(NCC1(CO)CCCCC1)NC1CCCC1. The number of hydrogen-bond acceptors (Lipinski definition) is 2. The Balaban J connectivity index is 1.73. The van der Waals surface area contributed by atoms with Crippen LogP contribution < -0.4 is 10.6 Å². The van der Waals surface area contributed by atoms with Crippen molar-refractivity contribution in [3.63, 3.8) is 0 Å². The quantitative estimate of drug-likeness (QED) is 0.720. The highest BCUT2D eigenvalue weighted by Gasteiger charge is 2.31.